The number of aryl methyl sites for hydroxylation is 1. The van der Waals surface area contributed by atoms with Gasteiger partial charge in [0.15, 0.2) is 0 Å². The Hall–Kier alpha value is -4.84. The molecule has 0 bridgehead atoms. The van der Waals surface area contributed by atoms with Gasteiger partial charge in [-0.05, 0) is 65.7 Å². The molecule has 1 fully saturated rings. The third kappa shape index (κ3) is 5.93. The molecule has 6 rings (SSSR count). The Kier molecular flexibility index (Phi) is 7.82. The number of nitriles is 1. The fourth-order valence-electron chi connectivity index (χ4n) is 5.96. The molecule has 2 aliphatic rings. The number of hydrogen-bond donors (Lipinski definition) is 1. The molecule has 0 saturated carbocycles. The van der Waals surface area contributed by atoms with E-state index in [0.29, 0.717) is 18.5 Å². The van der Waals surface area contributed by atoms with Crippen molar-refractivity contribution in [1.29, 1.82) is 5.26 Å². The molecule has 15 heteroatoms. The summed E-state index contributed by atoms with van der Waals surface area (Å²) in [5, 5.41) is 21.3. The van der Waals surface area contributed by atoms with Crippen molar-refractivity contribution in [3.8, 4) is 17.2 Å². The van der Waals surface area contributed by atoms with Crippen molar-refractivity contribution in [2.75, 3.05) is 25.0 Å². The van der Waals surface area contributed by atoms with E-state index in [1.54, 1.807) is 51.3 Å². The minimum atomic E-state index is -0.832. The van der Waals surface area contributed by atoms with Crippen LogP contribution in [0.4, 0.5) is 23.4 Å². The fourth-order valence-corrected chi connectivity index (χ4v) is 7.03. The second-order valence-electron chi connectivity index (χ2n) is 13.5. The fraction of sp³-hybridized carbons (Fsp3) is 0.438. The minimum absolute atomic E-state index is 0.0250. The summed E-state index contributed by atoms with van der Waals surface area (Å²) in [6, 6.07) is 5.28. The Morgan fingerprint density at radius 2 is 1.77 bits per heavy atom. The normalized spacial score (nSPS) is 16.8. The largest absolute Gasteiger partial charge is 0.444 e. The summed E-state index contributed by atoms with van der Waals surface area (Å²) in [6.45, 7) is 11.4. The lowest BCUT2D eigenvalue weighted by Crippen LogP contribution is -2.57. The predicted octanol–water partition coefficient (Wildman–Crippen LogP) is 6.28. The molecule has 47 heavy (non-hydrogen) atoms. The molecular weight excluding hydrogens is 632 g/mol. The van der Waals surface area contributed by atoms with Crippen LogP contribution in [0.25, 0.3) is 32.2 Å². The van der Waals surface area contributed by atoms with E-state index >= 15 is 8.78 Å². The summed E-state index contributed by atoms with van der Waals surface area (Å²) in [5.74, 6) is -1.92. The van der Waals surface area contributed by atoms with Crippen LogP contribution in [0.1, 0.15) is 63.9 Å². The van der Waals surface area contributed by atoms with Gasteiger partial charge in [0.25, 0.3) is 5.91 Å². The van der Waals surface area contributed by atoms with Crippen LogP contribution in [-0.4, -0.2) is 79.8 Å². The molecule has 0 aliphatic carbocycles. The number of ether oxygens (including phenoxy) is 2. The monoisotopic (exact) mass is 665 g/mol. The molecule has 1 atom stereocenters. The van der Waals surface area contributed by atoms with Crippen molar-refractivity contribution < 1.29 is 32.6 Å². The van der Waals surface area contributed by atoms with Crippen molar-refractivity contribution >= 4 is 55.6 Å². The number of rotatable bonds is 2. The highest BCUT2D eigenvalue weighted by Gasteiger charge is 2.38. The Morgan fingerprint density at radius 3 is 2.45 bits per heavy atom. The van der Waals surface area contributed by atoms with E-state index in [4.69, 9.17) is 9.47 Å². The molecule has 0 spiro atoms. The summed E-state index contributed by atoms with van der Waals surface area (Å²) < 4.78 is 43.9. The van der Waals surface area contributed by atoms with Gasteiger partial charge in [-0.1, -0.05) is 11.3 Å². The van der Waals surface area contributed by atoms with Crippen molar-refractivity contribution in [3.05, 3.63) is 41.0 Å². The van der Waals surface area contributed by atoms with E-state index in [1.807, 2.05) is 6.07 Å². The van der Waals surface area contributed by atoms with E-state index in [2.05, 4.69) is 15.6 Å². The predicted molar refractivity (Wildman–Crippen MR) is 170 cm³/mol. The first-order valence-electron chi connectivity index (χ1n) is 15.1. The number of carbonyl (C=O) groups is 3. The minimum Gasteiger partial charge on any atom is -0.444 e. The number of nitrogens with zero attached hydrogens (tertiary/aromatic N) is 6. The number of piperazine rings is 1. The molecule has 4 aromatic rings. The number of aromatic nitrogens is 3. The number of amides is 3. The van der Waals surface area contributed by atoms with Gasteiger partial charge >= 0.3 is 12.2 Å². The SMILES string of the molecule is CC(C)(C)OC(=O)Nc1sc2c(F)ccc(-c3c(F)cc4c5c3nnn5CC[C@H]3CN(C(=O)OC(C)(C)C)CCN3C4=O)c2c1C#N. The Bertz CT molecular complexity index is 2000. The highest BCUT2D eigenvalue weighted by atomic mass is 32.1. The van der Waals surface area contributed by atoms with Gasteiger partial charge in [0.2, 0.25) is 0 Å². The lowest BCUT2D eigenvalue weighted by Gasteiger charge is -2.42. The van der Waals surface area contributed by atoms with E-state index in [9.17, 15) is 19.6 Å². The maximum Gasteiger partial charge on any atom is 0.412 e. The van der Waals surface area contributed by atoms with Crippen molar-refractivity contribution in [1.82, 2.24) is 24.8 Å². The first kappa shape index (κ1) is 32.1. The lowest BCUT2D eigenvalue weighted by molar-refractivity contribution is 0.00273. The zero-order chi connectivity index (χ0) is 34.0. The zero-order valence-electron chi connectivity index (χ0n) is 26.7. The van der Waals surface area contributed by atoms with Crippen molar-refractivity contribution in [2.24, 2.45) is 0 Å². The van der Waals surface area contributed by atoms with E-state index < -0.39 is 40.9 Å². The van der Waals surface area contributed by atoms with Gasteiger partial charge < -0.3 is 19.3 Å². The third-order valence-corrected chi connectivity index (χ3v) is 8.94. The lowest BCUT2D eigenvalue weighted by atomic mass is 9.94. The van der Waals surface area contributed by atoms with Crippen LogP contribution in [0, 0.1) is 23.0 Å². The number of anilines is 1. The molecule has 2 aromatic carbocycles. The molecule has 4 heterocycles. The standard InChI is InChI=1S/C32H33F2N7O5S/c1-31(2,3)45-29(43)36-27-19(14-35)22-17(7-8-20(33)26(22)47-27)23-21(34)13-18-25-24(23)37-38-41(25)10-9-16-15-39(11-12-40(16)28(18)42)30(44)46-32(4,5)6/h7-8,13,16H,9-12,15H2,1-6H3,(H,36,43)/t16-/m0/s1. The molecule has 2 aromatic heterocycles. The van der Waals surface area contributed by atoms with Crippen molar-refractivity contribution in [2.45, 2.75) is 71.8 Å². The Morgan fingerprint density at radius 1 is 1.04 bits per heavy atom. The van der Waals surface area contributed by atoms with Gasteiger partial charge in [-0.3, -0.25) is 10.1 Å². The number of hydrogen-bond acceptors (Lipinski definition) is 9. The molecule has 246 valence electrons. The summed E-state index contributed by atoms with van der Waals surface area (Å²) in [7, 11) is 0. The number of nitrogens with one attached hydrogen (secondary N) is 1. The van der Waals surface area contributed by atoms with E-state index in [1.165, 1.54) is 10.7 Å². The van der Waals surface area contributed by atoms with Gasteiger partial charge in [0.05, 0.1) is 21.9 Å². The molecule has 0 radical (unpaired) electrons. The Balaban J connectivity index is 1.42. The number of fused-ring (bicyclic) bond motifs is 2. The zero-order valence-corrected chi connectivity index (χ0v) is 27.6. The topological polar surface area (TPSA) is 143 Å². The van der Waals surface area contributed by atoms with Crippen LogP contribution in [-0.2, 0) is 16.0 Å². The quantitative estimate of drug-likeness (QED) is 0.264. The summed E-state index contributed by atoms with van der Waals surface area (Å²) >= 11 is 0.827. The summed E-state index contributed by atoms with van der Waals surface area (Å²) in [6.07, 6.45) is -0.855. The third-order valence-electron chi connectivity index (χ3n) is 7.82. The average Bonchev–Trinajstić information content (AvgIpc) is 3.55. The van der Waals surface area contributed by atoms with Gasteiger partial charge in [-0.25, -0.2) is 23.1 Å². The van der Waals surface area contributed by atoms with Gasteiger partial charge in [-0.2, -0.15) is 5.26 Å². The van der Waals surface area contributed by atoms with Crippen LogP contribution < -0.4 is 5.32 Å². The van der Waals surface area contributed by atoms with E-state index in [0.717, 1.165) is 23.5 Å². The Labute approximate surface area is 272 Å². The van der Waals surface area contributed by atoms with E-state index in [-0.39, 0.29) is 68.5 Å². The smallest absolute Gasteiger partial charge is 0.412 e. The number of halogens is 2. The van der Waals surface area contributed by atoms with Gasteiger partial charge in [0, 0.05) is 37.1 Å². The van der Waals surface area contributed by atoms with Crippen LogP contribution in [0.15, 0.2) is 18.2 Å². The second-order valence-corrected chi connectivity index (χ2v) is 14.5. The summed E-state index contributed by atoms with van der Waals surface area (Å²) in [4.78, 5) is 42.5. The summed E-state index contributed by atoms with van der Waals surface area (Å²) in [5.41, 5.74) is -1.04. The van der Waals surface area contributed by atoms with Gasteiger partial charge in [0.1, 0.15) is 44.9 Å². The molecule has 3 amide bonds. The first-order valence-corrected chi connectivity index (χ1v) is 15.9. The maximum atomic E-state index is 16.3. The van der Waals surface area contributed by atoms with Crippen LogP contribution >= 0.6 is 11.3 Å². The first-order chi connectivity index (χ1) is 22.1. The molecule has 1 saturated heterocycles. The maximum absolute atomic E-state index is 16.3. The van der Waals surface area contributed by atoms with Crippen LogP contribution in [0.2, 0.25) is 0 Å². The highest BCUT2D eigenvalue weighted by molar-refractivity contribution is 7.23. The van der Waals surface area contributed by atoms with Crippen LogP contribution in [0.3, 0.4) is 0 Å². The number of thiophene rings is 1. The highest BCUT2D eigenvalue weighted by Crippen LogP contribution is 2.45. The molecule has 2 aliphatic heterocycles. The average molecular weight is 666 g/mol. The molecule has 1 N–H and O–H groups in total. The van der Waals surface area contributed by atoms with Crippen LogP contribution in [0.5, 0.6) is 0 Å². The molecule has 12 nitrogen and oxygen atoms in total. The molecular formula is C32H33F2N7O5S. The molecule has 0 unspecified atom stereocenters. The van der Waals surface area contributed by atoms with Gasteiger partial charge in [-0.15, -0.1) is 16.4 Å². The second kappa shape index (κ2) is 11.4. The number of benzene rings is 2. The van der Waals surface area contributed by atoms with Crippen molar-refractivity contribution in [3.63, 3.8) is 0 Å². The number of carbonyl (C=O) groups excluding carboxylic acids is 3.